The summed E-state index contributed by atoms with van der Waals surface area (Å²) >= 11 is 5.53. The maximum absolute atomic E-state index is 11.1. The number of rotatable bonds is 4. The lowest BCUT2D eigenvalue weighted by Gasteiger charge is -2.52. The minimum absolute atomic E-state index is 0.0413. The average Bonchev–Trinajstić information content (AvgIpc) is 2.86. The van der Waals surface area contributed by atoms with Gasteiger partial charge in [0, 0.05) is 11.8 Å². The Morgan fingerprint density at radius 3 is 2.80 bits per heavy atom. The van der Waals surface area contributed by atoms with Crippen LogP contribution in [0.15, 0.2) is 36.0 Å². The molecule has 0 saturated heterocycles. The van der Waals surface area contributed by atoms with E-state index in [2.05, 4.69) is 46.4 Å². The van der Waals surface area contributed by atoms with E-state index in [0.29, 0.717) is 17.8 Å². The van der Waals surface area contributed by atoms with E-state index in [4.69, 9.17) is 11.6 Å². The van der Waals surface area contributed by atoms with Gasteiger partial charge in [0.25, 0.3) is 0 Å². The number of hydrogen-bond acceptors (Lipinski definition) is 1. The summed E-state index contributed by atoms with van der Waals surface area (Å²) in [6, 6.07) is 0. The maximum Gasteiger partial charge on any atom is 0.225 e. The molecule has 0 spiro atoms. The summed E-state index contributed by atoms with van der Waals surface area (Å²) in [7, 11) is 0. The molecule has 3 aliphatic rings. The van der Waals surface area contributed by atoms with E-state index in [0.717, 1.165) is 24.2 Å². The Bertz CT molecular complexity index is 628. The molecule has 3 rings (SSSR count). The lowest BCUT2D eigenvalue weighted by molar-refractivity contribution is -0.110. The van der Waals surface area contributed by atoms with Gasteiger partial charge in [-0.25, -0.2) is 0 Å². The number of hydrogen-bond donors (Lipinski definition) is 0. The molecule has 0 N–H and O–H groups in total. The van der Waals surface area contributed by atoms with Crippen molar-refractivity contribution in [3.05, 3.63) is 36.0 Å². The standard InChI is InChI=1S/C23H33ClO/c1-15(2)18-10-12-22(4)14-20-17(13-19(18)22)9-8-16(3)23(20,5)11-6-7-21(24)25/h6,9,11,15,18-20H,3,7-8,10,12-14H2,1-2,4-5H3/b11-6-/t18-,19-,20-,22+,23+/m0/s1. The molecule has 0 aromatic heterocycles. The molecule has 0 aliphatic heterocycles. The lowest BCUT2D eigenvalue weighted by atomic mass is 9.52. The number of carbonyl (C=O) groups is 1. The van der Waals surface area contributed by atoms with E-state index in [1.54, 1.807) is 5.57 Å². The lowest BCUT2D eigenvalue weighted by Crippen LogP contribution is -2.43. The second-order valence-electron chi connectivity index (χ2n) is 9.50. The Labute approximate surface area is 158 Å². The summed E-state index contributed by atoms with van der Waals surface area (Å²) in [4.78, 5) is 11.1. The molecular weight excluding hydrogens is 328 g/mol. The van der Waals surface area contributed by atoms with Crippen LogP contribution in [-0.4, -0.2) is 5.24 Å². The third-order valence-corrected chi connectivity index (χ3v) is 7.88. The van der Waals surface area contributed by atoms with Gasteiger partial charge < -0.3 is 0 Å². The van der Waals surface area contributed by atoms with Gasteiger partial charge in [0.15, 0.2) is 0 Å². The SMILES string of the molecule is C=C1CC=C2C[C@H]3[C@H](C(C)C)CC[C@]3(C)C[C@@H]2[C@]1(C)/C=C\CC(=O)Cl. The van der Waals surface area contributed by atoms with Crippen LogP contribution in [0.1, 0.15) is 66.2 Å². The van der Waals surface area contributed by atoms with Gasteiger partial charge in [-0.15, -0.1) is 0 Å². The molecule has 0 unspecified atom stereocenters. The fraction of sp³-hybridized carbons (Fsp3) is 0.696. The molecular formula is C23H33ClO. The van der Waals surface area contributed by atoms with Crippen molar-refractivity contribution in [2.75, 3.05) is 0 Å². The van der Waals surface area contributed by atoms with Gasteiger partial charge in [0.05, 0.1) is 0 Å². The molecule has 0 aromatic rings. The van der Waals surface area contributed by atoms with Gasteiger partial charge in [0.1, 0.15) is 0 Å². The highest BCUT2D eigenvalue weighted by Gasteiger charge is 2.54. The second kappa shape index (κ2) is 6.72. The third-order valence-electron chi connectivity index (χ3n) is 7.73. The van der Waals surface area contributed by atoms with Crippen LogP contribution in [0.4, 0.5) is 0 Å². The van der Waals surface area contributed by atoms with Crippen LogP contribution in [0.5, 0.6) is 0 Å². The van der Waals surface area contributed by atoms with Gasteiger partial charge in [-0.2, -0.15) is 0 Å². The van der Waals surface area contributed by atoms with Crippen LogP contribution >= 0.6 is 11.6 Å². The Hall–Kier alpha value is -0.820. The second-order valence-corrected chi connectivity index (χ2v) is 9.92. The Kier molecular flexibility index (Phi) is 5.10. The van der Waals surface area contributed by atoms with Crippen molar-refractivity contribution in [2.45, 2.75) is 66.2 Å². The van der Waals surface area contributed by atoms with Crippen LogP contribution < -0.4 is 0 Å². The summed E-state index contributed by atoms with van der Waals surface area (Å²) in [5, 5.41) is -0.289. The summed E-state index contributed by atoms with van der Waals surface area (Å²) < 4.78 is 0. The van der Waals surface area contributed by atoms with Crippen LogP contribution in [-0.2, 0) is 4.79 Å². The van der Waals surface area contributed by atoms with Crippen molar-refractivity contribution in [1.82, 2.24) is 0 Å². The van der Waals surface area contributed by atoms with Gasteiger partial charge in [-0.1, -0.05) is 63.6 Å². The van der Waals surface area contributed by atoms with Crippen LogP contribution in [0.3, 0.4) is 0 Å². The summed E-state index contributed by atoms with van der Waals surface area (Å²) in [6.07, 6.45) is 13.2. The minimum atomic E-state index is -0.289. The minimum Gasteiger partial charge on any atom is -0.281 e. The van der Waals surface area contributed by atoms with Gasteiger partial charge in [-0.05, 0) is 72.8 Å². The van der Waals surface area contributed by atoms with E-state index in [1.165, 1.54) is 31.3 Å². The topological polar surface area (TPSA) is 17.1 Å². The molecule has 2 heteroatoms. The zero-order valence-electron chi connectivity index (χ0n) is 16.3. The first kappa shape index (κ1) is 19.0. The highest BCUT2D eigenvalue weighted by Crippen LogP contribution is 2.64. The third kappa shape index (κ3) is 3.29. The quantitative estimate of drug-likeness (QED) is 0.403. The van der Waals surface area contributed by atoms with Crippen molar-refractivity contribution >= 4 is 16.8 Å². The summed E-state index contributed by atoms with van der Waals surface area (Å²) in [6.45, 7) is 14.0. The van der Waals surface area contributed by atoms with E-state index >= 15 is 0 Å². The predicted molar refractivity (Wildman–Crippen MR) is 106 cm³/mol. The average molecular weight is 361 g/mol. The molecule has 5 atom stereocenters. The Balaban J connectivity index is 1.90. The normalized spacial score (nSPS) is 41.0. The number of allylic oxidation sites excluding steroid dienone is 5. The zero-order chi connectivity index (χ0) is 18.4. The number of halogens is 1. The zero-order valence-corrected chi connectivity index (χ0v) is 17.0. The molecule has 0 amide bonds. The molecule has 1 nitrogen and oxygen atoms in total. The highest BCUT2D eigenvalue weighted by molar-refractivity contribution is 6.63. The largest absolute Gasteiger partial charge is 0.281 e. The van der Waals surface area contributed by atoms with E-state index in [-0.39, 0.29) is 10.7 Å². The summed E-state index contributed by atoms with van der Waals surface area (Å²) in [5.74, 6) is 3.01. The first-order chi connectivity index (χ1) is 11.7. The van der Waals surface area contributed by atoms with Crippen molar-refractivity contribution in [3.63, 3.8) is 0 Å². The molecule has 0 radical (unpaired) electrons. The first-order valence-corrected chi connectivity index (χ1v) is 10.3. The fourth-order valence-electron chi connectivity index (χ4n) is 6.02. The van der Waals surface area contributed by atoms with E-state index in [1.807, 2.05) is 6.08 Å². The predicted octanol–water partition coefficient (Wildman–Crippen LogP) is 6.69. The van der Waals surface area contributed by atoms with Gasteiger partial charge in [0.2, 0.25) is 5.24 Å². The molecule has 138 valence electrons. The number of fused-ring (bicyclic) bond motifs is 2. The maximum atomic E-state index is 11.1. The van der Waals surface area contributed by atoms with Crippen LogP contribution in [0.25, 0.3) is 0 Å². The van der Waals surface area contributed by atoms with Gasteiger partial charge >= 0.3 is 0 Å². The molecule has 0 aromatic carbocycles. The molecule has 2 fully saturated rings. The van der Waals surface area contributed by atoms with E-state index < -0.39 is 0 Å². The molecule has 25 heavy (non-hydrogen) atoms. The van der Waals surface area contributed by atoms with Crippen molar-refractivity contribution in [2.24, 2.45) is 34.5 Å². The monoisotopic (exact) mass is 360 g/mol. The summed E-state index contributed by atoms with van der Waals surface area (Å²) in [5.41, 5.74) is 3.33. The van der Waals surface area contributed by atoms with Crippen molar-refractivity contribution in [3.8, 4) is 0 Å². The Morgan fingerprint density at radius 1 is 1.44 bits per heavy atom. The first-order valence-electron chi connectivity index (χ1n) is 9.90. The molecule has 2 saturated carbocycles. The van der Waals surface area contributed by atoms with Crippen molar-refractivity contribution in [1.29, 1.82) is 0 Å². The van der Waals surface area contributed by atoms with E-state index in [9.17, 15) is 4.79 Å². The fourth-order valence-corrected chi connectivity index (χ4v) is 6.11. The molecule has 3 aliphatic carbocycles. The highest BCUT2D eigenvalue weighted by atomic mass is 35.5. The smallest absolute Gasteiger partial charge is 0.225 e. The Morgan fingerprint density at radius 2 is 2.16 bits per heavy atom. The van der Waals surface area contributed by atoms with Crippen molar-refractivity contribution < 1.29 is 4.79 Å². The number of carbonyl (C=O) groups excluding carboxylic acids is 1. The van der Waals surface area contributed by atoms with Crippen LogP contribution in [0.2, 0.25) is 0 Å². The van der Waals surface area contributed by atoms with Crippen LogP contribution in [0, 0.1) is 34.5 Å². The molecule has 0 bridgehead atoms. The van der Waals surface area contributed by atoms with Gasteiger partial charge in [-0.3, -0.25) is 4.79 Å². The molecule has 0 heterocycles.